The van der Waals surface area contributed by atoms with Gasteiger partial charge in [0.25, 0.3) is 0 Å². The fourth-order valence-electron chi connectivity index (χ4n) is 5.71. The van der Waals surface area contributed by atoms with E-state index in [-0.39, 0.29) is 40.8 Å². The van der Waals surface area contributed by atoms with Crippen molar-refractivity contribution in [2.75, 3.05) is 26.2 Å². The summed E-state index contributed by atoms with van der Waals surface area (Å²) in [4.78, 5) is 43.6. The van der Waals surface area contributed by atoms with Gasteiger partial charge in [-0.05, 0) is 50.7 Å². The summed E-state index contributed by atoms with van der Waals surface area (Å²) in [5.74, 6) is -1.00. The van der Waals surface area contributed by atoms with E-state index in [1.807, 2.05) is 0 Å². The Kier molecular flexibility index (Phi) is 7.80. The second kappa shape index (κ2) is 11.0. The molecule has 40 heavy (non-hydrogen) atoms. The van der Waals surface area contributed by atoms with Crippen molar-refractivity contribution < 1.29 is 37.4 Å². The first-order valence-corrected chi connectivity index (χ1v) is 14.2. The summed E-state index contributed by atoms with van der Waals surface area (Å²) < 4.78 is 43.0. The number of thioether (sulfide) groups is 1. The minimum atomic E-state index is -4.86. The highest BCUT2D eigenvalue weighted by molar-refractivity contribution is 8.00. The Bertz CT molecular complexity index is 1200. The van der Waals surface area contributed by atoms with Gasteiger partial charge >= 0.3 is 12.5 Å². The number of hydrogen-bond acceptors (Lipinski definition) is 7. The van der Waals surface area contributed by atoms with Crippen LogP contribution in [0.25, 0.3) is 0 Å². The van der Waals surface area contributed by atoms with Crippen LogP contribution in [0.3, 0.4) is 0 Å². The Hall–Kier alpha value is -3.18. The smallest absolute Gasteiger partial charge is 0.465 e. The fourth-order valence-corrected chi connectivity index (χ4v) is 6.97. The molecule has 14 heteroatoms. The molecule has 4 aliphatic rings. The van der Waals surface area contributed by atoms with Gasteiger partial charge < -0.3 is 25.0 Å². The number of nitrogens with zero attached hydrogens (tertiary/aromatic N) is 4. The van der Waals surface area contributed by atoms with Crippen molar-refractivity contribution in [3.05, 3.63) is 24.3 Å². The molecule has 1 aliphatic carbocycles. The van der Waals surface area contributed by atoms with Gasteiger partial charge in [0, 0.05) is 37.5 Å². The molecular weight excluding hydrogens is 551 g/mol. The Balaban J connectivity index is 1.30. The summed E-state index contributed by atoms with van der Waals surface area (Å²) in [7, 11) is 0. The topological polar surface area (TPSA) is 126 Å². The molecule has 1 aromatic carbocycles. The third-order valence-electron chi connectivity index (χ3n) is 8.09. The van der Waals surface area contributed by atoms with Crippen LogP contribution in [0.15, 0.2) is 29.2 Å². The fraction of sp³-hybridized carbons (Fsp3) is 0.615. The van der Waals surface area contributed by atoms with Crippen LogP contribution in [-0.2, 0) is 9.59 Å². The number of carboxylic acid groups (broad SMARTS) is 1. The zero-order valence-electron chi connectivity index (χ0n) is 21.6. The first-order chi connectivity index (χ1) is 19.0. The van der Waals surface area contributed by atoms with Gasteiger partial charge in [-0.25, -0.2) is 4.79 Å². The van der Waals surface area contributed by atoms with E-state index in [0.717, 1.165) is 11.8 Å². The van der Waals surface area contributed by atoms with E-state index in [1.54, 1.807) is 6.07 Å². The van der Waals surface area contributed by atoms with Gasteiger partial charge in [-0.2, -0.15) is 5.26 Å². The number of alkyl halides is 3. The van der Waals surface area contributed by atoms with E-state index in [0.29, 0.717) is 51.7 Å². The second-order valence-corrected chi connectivity index (χ2v) is 12.0. The predicted molar refractivity (Wildman–Crippen MR) is 136 cm³/mol. The molecule has 0 radical (unpaired) electrons. The van der Waals surface area contributed by atoms with Crippen LogP contribution in [-0.4, -0.2) is 99.2 Å². The van der Waals surface area contributed by atoms with Crippen molar-refractivity contribution >= 4 is 29.7 Å². The largest absolute Gasteiger partial charge is 0.573 e. The van der Waals surface area contributed by atoms with Crippen LogP contribution in [0.1, 0.15) is 38.5 Å². The van der Waals surface area contributed by atoms with Gasteiger partial charge in [-0.1, -0.05) is 12.1 Å². The lowest BCUT2D eigenvalue weighted by Gasteiger charge is -2.48. The molecule has 3 saturated heterocycles. The molecular formula is C26H30F3N5O5S. The summed E-state index contributed by atoms with van der Waals surface area (Å²) in [5, 5.41) is 21.1. The Morgan fingerprint density at radius 2 is 1.80 bits per heavy atom. The maximum atomic E-state index is 13.8. The van der Waals surface area contributed by atoms with Crippen LogP contribution < -0.4 is 10.1 Å². The molecule has 3 amide bonds. The lowest BCUT2D eigenvalue weighted by molar-refractivity contribution is -0.275. The molecule has 5 rings (SSSR count). The molecule has 1 unspecified atom stereocenters. The van der Waals surface area contributed by atoms with E-state index in [1.165, 1.54) is 28.0 Å². The lowest BCUT2D eigenvalue weighted by atomic mass is 9.93. The monoisotopic (exact) mass is 581 g/mol. The maximum absolute atomic E-state index is 13.8. The predicted octanol–water partition coefficient (Wildman–Crippen LogP) is 3.04. The average Bonchev–Trinajstić information content (AvgIpc) is 3.52. The highest BCUT2D eigenvalue weighted by atomic mass is 32.2. The summed E-state index contributed by atoms with van der Waals surface area (Å²) in [6, 6.07) is 6.64. The Morgan fingerprint density at radius 1 is 1.10 bits per heavy atom. The number of piperidine rings is 1. The SMILES string of the molecule is N#CC1(NC(=O)[C@@H]2C[C@@H](Sc3ccccc3OC(F)(F)F)CN2C(=O)C2CCN2C2CCN(C(=O)O)CC2)CC1. The van der Waals surface area contributed by atoms with Gasteiger partial charge in [-0.15, -0.1) is 24.9 Å². The number of ether oxygens (including phenoxy) is 1. The highest BCUT2D eigenvalue weighted by Gasteiger charge is 2.51. The van der Waals surface area contributed by atoms with Crippen molar-refractivity contribution in [3.8, 4) is 11.8 Å². The van der Waals surface area contributed by atoms with E-state index in [2.05, 4.69) is 21.0 Å². The number of likely N-dealkylation sites (tertiary alicyclic amines) is 3. The van der Waals surface area contributed by atoms with Gasteiger partial charge in [0.05, 0.1) is 17.0 Å². The number of nitrogens with one attached hydrogen (secondary N) is 1. The molecule has 2 N–H and O–H groups in total. The molecule has 216 valence electrons. The number of nitriles is 1. The minimum absolute atomic E-state index is 0.0538. The maximum Gasteiger partial charge on any atom is 0.573 e. The molecule has 0 aromatic heterocycles. The number of amides is 3. The molecule has 10 nitrogen and oxygen atoms in total. The summed E-state index contributed by atoms with van der Waals surface area (Å²) in [5.41, 5.74) is -0.926. The van der Waals surface area contributed by atoms with Gasteiger partial charge in [0.2, 0.25) is 11.8 Å². The zero-order valence-corrected chi connectivity index (χ0v) is 22.4. The van der Waals surface area contributed by atoms with Crippen molar-refractivity contribution in [2.24, 2.45) is 0 Å². The molecule has 3 heterocycles. The van der Waals surface area contributed by atoms with Crippen LogP contribution in [0.2, 0.25) is 0 Å². The van der Waals surface area contributed by atoms with E-state index >= 15 is 0 Å². The van der Waals surface area contributed by atoms with Crippen molar-refractivity contribution in [2.45, 2.75) is 78.7 Å². The molecule has 3 atom stereocenters. The first kappa shape index (κ1) is 28.4. The number of para-hydroxylation sites is 1. The third-order valence-corrected chi connectivity index (χ3v) is 9.36. The number of halogens is 3. The normalized spacial score (nSPS) is 26.5. The standard InChI is InChI=1S/C26H30F3N5O5S/c27-26(28,29)39-20-3-1-2-4-21(20)40-17-13-19(22(35)31-25(15-30)8-9-25)34(14-17)23(36)18-7-12-33(18)16-5-10-32(11-6-16)24(37)38/h1-4,16-19H,5-14H2,(H,31,35)(H,37,38)/t17-,18?,19+/m1/s1. The number of rotatable bonds is 7. The van der Waals surface area contributed by atoms with E-state index in [9.17, 15) is 37.9 Å². The van der Waals surface area contributed by atoms with E-state index in [4.69, 9.17) is 0 Å². The zero-order chi connectivity index (χ0) is 28.7. The first-order valence-electron chi connectivity index (χ1n) is 13.3. The van der Waals surface area contributed by atoms with Gasteiger partial charge in [0.1, 0.15) is 17.3 Å². The average molecular weight is 582 g/mol. The minimum Gasteiger partial charge on any atom is -0.465 e. The number of carbonyl (C=O) groups excluding carboxylic acids is 2. The van der Waals surface area contributed by atoms with Crippen LogP contribution in [0.5, 0.6) is 5.75 Å². The molecule has 0 bridgehead atoms. The van der Waals surface area contributed by atoms with Crippen molar-refractivity contribution in [1.82, 2.24) is 20.0 Å². The molecule has 3 aliphatic heterocycles. The number of benzene rings is 1. The van der Waals surface area contributed by atoms with Crippen LogP contribution >= 0.6 is 11.8 Å². The molecule has 1 aromatic rings. The Morgan fingerprint density at radius 3 is 2.38 bits per heavy atom. The van der Waals surface area contributed by atoms with Crippen molar-refractivity contribution in [1.29, 1.82) is 5.26 Å². The van der Waals surface area contributed by atoms with Gasteiger partial charge in [-0.3, -0.25) is 14.5 Å². The molecule has 0 spiro atoms. The summed E-state index contributed by atoms with van der Waals surface area (Å²) >= 11 is 1.13. The lowest BCUT2D eigenvalue weighted by Crippen LogP contribution is -2.63. The Labute approximate surface area is 233 Å². The number of hydrogen-bond donors (Lipinski definition) is 2. The van der Waals surface area contributed by atoms with E-state index < -0.39 is 36.0 Å². The van der Waals surface area contributed by atoms with Crippen LogP contribution in [0.4, 0.5) is 18.0 Å². The molecule has 4 fully saturated rings. The van der Waals surface area contributed by atoms with Crippen molar-refractivity contribution in [3.63, 3.8) is 0 Å². The van der Waals surface area contributed by atoms with Crippen LogP contribution in [0, 0.1) is 11.3 Å². The van der Waals surface area contributed by atoms with Gasteiger partial charge in [0.15, 0.2) is 0 Å². The quantitative estimate of drug-likeness (QED) is 0.504. The second-order valence-electron chi connectivity index (χ2n) is 10.7. The summed E-state index contributed by atoms with van der Waals surface area (Å²) in [6.45, 7) is 1.63. The highest BCUT2D eigenvalue weighted by Crippen LogP contribution is 2.41. The third kappa shape index (κ3) is 6.10. The molecule has 1 saturated carbocycles. The summed E-state index contributed by atoms with van der Waals surface area (Å²) in [6.07, 6.45) is -2.72. The number of carbonyl (C=O) groups is 3.